The zero-order valence-electron chi connectivity index (χ0n) is 23.7. The van der Waals surface area contributed by atoms with Gasteiger partial charge in [0.2, 0.25) is 11.7 Å². The van der Waals surface area contributed by atoms with Gasteiger partial charge in [0.05, 0.1) is 30.1 Å². The molecule has 0 aliphatic heterocycles. The van der Waals surface area contributed by atoms with E-state index in [1.807, 2.05) is 54.9 Å². The Bertz CT molecular complexity index is 2010. The van der Waals surface area contributed by atoms with Gasteiger partial charge in [-0.1, -0.05) is 32.0 Å². The molecule has 0 aliphatic rings. The number of amides is 1. The summed E-state index contributed by atoms with van der Waals surface area (Å²) in [5, 5.41) is 17.7. The third-order valence-electron chi connectivity index (χ3n) is 7.45. The highest BCUT2D eigenvalue weighted by molar-refractivity contribution is 5.92. The van der Waals surface area contributed by atoms with E-state index in [1.54, 1.807) is 25.4 Å². The SMILES string of the molecule is CC[C@@H](C)C(=O)Nc1cnc(-c2cccc(-c3nn[nH]n3)c2)n(Cc2cncc(-n3cc(C)c4cc(F)ccc43)c2)c1=O. The lowest BCUT2D eigenvalue weighted by Crippen LogP contribution is -2.30. The highest BCUT2D eigenvalue weighted by Crippen LogP contribution is 2.27. The van der Waals surface area contributed by atoms with Crippen LogP contribution in [0.3, 0.4) is 0 Å². The van der Waals surface area contributed by atoms with Crippen LogP contribution in [-0.2, 0) is 11.3 Å². The minimum Gasteiger partial charge on any atom is -0.320 e. The maximum absolute atomic E-state index is 13.9. The van der Waals surface area contributed by atoms with Gasteiger partial charge in [-0.2, -0.15) is 5.21 Å². The summed E-state index contributed by atoms with van der Waals surface area (Å²) in [5.74, 6) is -0.0364. The summed E-state index contributed by atoms with van der Waals surface area (Å²) in [6.45, 7) is 5.76. The van der Waals surface area contributed by atoms with Crippen molar-refractivity contribution in [2.45, 2.75) is 33.7 Å². The highest BCUT2D eigenvalue weighted by atomic mass is 19.1. The first-order chi connectivity index (χ1) is 20.8. The summed E-state index contributed by atoms with van der Waals surface area (Å²) in [6, 6.07) is 13.9. The Kier molecular flexibility index (Phi) is 7.33. The van der Waals surface area contributed by atoms with Gasteiger partial charge in [0.25, 0.3) is 5.56 Å². The van der Waals surface area contributed by atoms with Crippen LogP contribution in [0, 0.1) is 18.7 Å². The minimum absolute atomic E-state index is 0.0848. The average molecular weight is 578 g/mol. The number of carbonyl (C=O) groups is 1. The molecule has 0 radical (unpaired) electrons. The molecule has 0 spiro atoms. The van der Waals surface area contributed by atoms with Crippen molar-refractivity contribution in [3.05, 3.63) is 101 Å². The van der Waals surface area contributed by atoms with Crippen LogP contribution in [0.1, 0.15) is 31.4 Å². The van der Waals surface area contributed by atoms with Crippen molar-refractivity contribution in [3.63, 3.8) is 0 Å². The molecule has 43 heavy (non-hydrogen) atoms. The molecule has 0 aliphatic carbocycles. The van der Waals surface area contributed by atoms with Gasteiger partial charge in [0, 0.05) is 34.8 Å². The van der Waals surface area contributed by atoms with Gasteiger partial charge < -0.3 is 9.88 Å². The number of aromatic amines is 1. The molecular weight excluding hydrogens is 549 g/mol. The molecule has 216 valence electrons. The number of nitrogens with zero attached hydrogens (tertiary/aromatic N) is 7. The molecule has 4 aromatic heterocycles. The molecule has 11 nitrogen and oxygen atoms in total. The van der Waals surface area contributed by atoms with Gasteiger partial charge in [-0.15, -0.1) is 10.2 Å². The lowest BCUT2D eigenvalue weighted by atomic mass is 10.1. The van der Waals surface area contributed by atoms with Crippen LogP contribution in [0.4, 0.5) is 10.1 Å². The number of H-pyrrole nitrogens is 1. The number of halogens is 1. The number of nitrogens with one attached hydrogen (secondary N) is 2. The summed E-state index contributed by atoms with van der Waals surface area (Å²) in [7, 11) is 0. The van der Waals surface area contributed by atoms with Crippen molar-refractivity contribution < 1.29 is 9.18 Å². The van der Waals surface area contributed by atoms with Crippen LogP contribution in [0.2, 0.25) is 0 Å². The fourth-order valence-corrected chi connectivity index (χ4v) is 4.93. The highest BCUT2D eigenvalue weighted by Gasteiger charge is 2.18. The van der Waals surface area contributed by atoms with Crippen LogP contribution in [0.15, 0.2) is 78.1 Å². The number of benzene rings is 2. The lowest BCUT2D eigenvalue weighted by molar-refractivity contribution is -0.119. The first kappa shape index (κ1) is 27.6. The summed E-state index contributed by atoms with van der Waals surface area (Å²) < 4.78 is 17.4. The number of rotatable bonds is 8. The number of hydrogen-bond acceptors (Lipinski definition) is 7. The normalized spacial score (nSPS) is 12.0. The molecule has 12 heteroatoms. The quantitative estimate of drug-likeness (QED) is 0.262. The average Bonchev–Trinajstić information content (AvgIpc) is 3.67. The smallest absolute Gasteiger partial charge is 0.277 e. The molecule has 1 atom stereocenters. The van der Waals surface area contributed by atoms with Crippen LogP contribution >= 0.6 is 0 Å². The molecule has 2 N–H and O–H groups in total. The molecule has 0 fully saturated rings. The minimum atomic E-state index is -0.408. The van der Waals surface area contributed by atoms with E-state index < -0.39 is 5.56 Å². The van der Waals surface area contributed by atoms with E-state index >= 15 is 0 Å². The second-order valence-electron chi connectivity index (χ2n) is 10.4. The van der Waals surface area contributed by atoms with E-state index in [-0.39, 0.29) is 29.9 Å². The van der Waals surface area contributed by atoms with Gasteiger partial charge in [-0.3, -0.25) is 19.1 Å². The Labute approximate surface area is 245 Å². The Balaban J connectivity index is 1.44. The standard InChI is InChI=1S/C31H28FN9O2/c1-4-18(2)30(42)35-26-15-34-29(22-7-5-6-21(11-22)28-36-38-39-37-28)41(31(26)43)17-20-10-24(14-33-13-20)40-16-19(3)25-12-23(32)8-9-27(25)40/h5-16,18H,4,17H2,1-3H3,(H,35,42)(H,36,37,38,39)/t18-/m1/s1. The van der Waals surface area contributed by atoms with E-state index in [9.17, 15) is 14.0 Å². The first-order valence-electron chi connectivity index (χ1n) is 13.8. The maximum atomic E-state index is 13.9. The van der Waals surface area contributed by atoms with Crippen molar-refractivity contribution in [1.82, 2.24) is 39.7 Å². The number of aromatic nitrogens is 8. The largest absolute Gasteiger partial charge is 0.320 e. The van der Waals surface area contributed by atoms with Crippen molar-refractivity contribution in [1.29, 1.82) is 0 Å². The number of aryl methyl sites for hydroxylation is 1. The molecule has 1 amide bonds. The first-order valence-corrected chi connectivity index (χ1v) is 13.8. The predicted molar refractivity (Wildman–Crippen MR) is 160 cm³/mol. The molecule has 0 unspecified atom stereocenters. The number of anilines is 1. The topological polar surface area (TPSA) is 136 Å². The molecule has 0 bridgehead atoms. The second-order valence-corrected chi connectivity index (χ2v) is 10.4. The Morgan fingerprint density at radius 3 is 2.72 bits per heavy atom. The fourth-order valence-electron chi connectivity index (χ4n) is 4.93. The van der Waals surface area contributed by atoms with Crippen molar-refractivity contribution in [2.75, 3.05) is 5.32 Å². The third-order valence-corrected chi connectivity index (χ3v) is 7.45. The van der Waals surface area contributed by atoms with E-state index in [2.05, 4.69) is 35.9 Å². The molecule has 2 aromatic carbocycles. The van der Waals surface area contributed by atoms with Crippen LogP contribution in [0.5, 0.6) is 0 Å². The molecular formula is C31H28FN9O2. The molecule has 0 saturated carbocycles. The van der Waals surface area contributed by atoms with Crippen LogP contribution in [0.25, 0.3) is 39.4 Å². The van der Waals surface area contributed by atoms with Crippen LogP contribution in [-0.4, -0.2) is 45.6 Å². The fraction of sp³-hybridized carbons (Fsp3) is 0.194. The molecule has 4 heterocycles. The molecule has 0 saturated heterocycles. The Hall–Kier alpha value is -5.52. The zero-order valence-corrected chi connectivity index (χ0v) is 23.7. The summed E-state index contributed by atoms with van der Waals surface area (Å²) in [4.78, 5) is 35.7. The van der Waals surface area contributed by atoms with Crippen molar-refractivity contribution in [3.8, 4) is 28.5 Å². The monoisotopic (exact) mass is 577 g/mol. The Morgan fingerprint density at radius 2 is 1.93 bits per heavy atom. The third kappa shape index (κ3) is 5.42. The second kappa shape index (κ2) is 11.4. The van der Waals surface area contributed by atoms with Gasteiger partial charge in [0.15, 0.2) is 0 Å². The zero-order chi connectivity index (χ0) is 30.1. The van der Waals surface area contributed by atoms with Gasteiger partial charge >= 0.3 is 0 Å². The van der Waals surface area contributed by atoms with Crippen LogP contribution < -0.4 is 10.9 Å². The number of fused-ring (bicyclic) bond motifs is 1. The van der Waals surface area contributed by atoms with Crippen molar-refractivity contribution in [2.24, 2.45) is 5.92 Å². The molecule has 6 aromatic rings. The number of tetrazole rings is 1. The van der Waals surface area contributed by atoms with E-state index in [4.69, 9.17) is 0 Å². The summed E-state index contributed by atoms with van der Waals surface area (Å²) in [6.07, 6.45) is 7.34. The van der Waals surface area contributed by atoms with E-state index in [0.29, 0.717) is 29.2 Å². The number of pyridine rings is 1. The molecule has 6 rings (SSSR count). The van der Waals surface area contributed by atoms with Gasteiger partial charge in [-0.05, 0) is 60.0 Å². The van der Waals surface area contributed by atoms with Gasteiger partial charge in [-0.25, -0.2) is 9.37 Å². The Morgan fingerprint density at radius 1 is 1.09 bits per heavy atom. The maximum Gasteiger partial charge on any atom is 0.277 e. The van der Waals surface area contributed by atoms with Crippen molar-refractivity contribution >= 4 is 22.5 Å². The number of hydrogen-bond donors (Lipinski definition) is 2. The van der Waals surface area contributed by atoms with E-state index in [0.717, 1.165) is 27.7 Å². The van der Waals surface area contributed by atoms with E-state index in [1.165, 1.54) is 22.9 Å². The lowest BCUT2D eigenvalue weighted by Gasteiger charge is -2.16. The predicted octanol–water partition coefficient (Wildman–Crippen LogP) is 4.91. The summed E-state index contributed by atoms with van der Waals surface area (Å²) >= 11 is 0. The number of carbonyl (C=O) groups excluding carboxylic acids is 1. The summed E-state index contributed by atoms with van der Waals surface area (Å²) in [5.41, 5.74) is 4.26. The van der Waals surface area contributed by atoms with Gasteiger partial charge in [0.1, 0.15) is 17.3 Å².